The standard InChI is InChI=1S/C12H11F3N2O2/c1-7(6-18)11(19)17-9-3-2-8(5-16)10(4-9)12(13,14)15/h2-4,7,18H,6H2,1H3,(H,17,19)/t7-/m1/s1. The first-order chi connectivity index (χ1) is 8.79. The number of nitriles is 1. The first-order valence-corrected chi connectivity index (χ1v) is 5.32. The molecule has 0 spiro atoms. The molecular formula is C12H11F3N2O2. The third-order valence-electron chi connectivity index (χ3n) is 2.43. The van der Waals surface area contributed by atoms with E-state index in [4.69, 9.17) is 10.4 Å². The summed E-state index contributed by atoms with van der Waals surface area (Å²) in [7, 11) is 0. The Morgan fingerprint density at radius 2 is 2.16 bits per heavy atom. The molecule has 1 aromatic rings. The largest absolute Gasteiger partial charge is 0.417 e. The Balaban J connectivity index is 3.07. The summed E-state index contributed by atoms with van der Waals surface area (Å²) in [6, 6.07) is 4.33. The van der Waals surface area contributed by atoms with E-state index in [1.165, 1.54) is 19.1 Å². The van der Waals surface area contributed by atoms with Gasteiger partial charge in [0.1, 0.15) is 0 Å². The molecule has 0 unspecified atom stereocenters. The van der Waals surface area contributed by atoms with E-state index >= 15 is 0 Å². The second-order valence-electron chi connectivity index (χ2n) is 3.94. The Morgan fingerprint density at radius 3 is 2.63 bits per heavy atom. The summed E-state index contributed by atoms with van der Waals surface area (Å²) in [4.78, 5) is 11.4. The lowest BCUT2D eigenvalue weighted by Crippen LogP contribution is -2.23. The summed E-state index contributed by atoms with van der Waals surface area (Å²) in [6.07, 6.45) is -4.67. The van der Waals surface area contributed by atoms with E-state index in [1.807, 2.05) is 0 Å². The zero-order valence-corrected chi connectivity index (χ0v) is 9.95. The van der Waals surface area contributed by atoms with Crippen molar-refractivity contribution in [2.24, 2.45) is 5.92 Å². The van der Waals surface area contributed by atoms with E-state index in [0.717, 1.165) is 6.07 Å². The molecule has 2 N–H and O–H groups in total. The van der Waals surface area contributed by atoms with Crippen molar-refractivity contribution < 1.29 is 23.1 Å². The highest BCUT2D eigenvalue weighted by Crippen LogP contribution is 2.33. The van der Waals surface area contributed by atoms with Crippen LogP contribution in [0.3, 0.4) is 0 Å². The van der Waals surface area contributed by atoms with Crippen LogP contribution in [0.15, 0.2) is 18.2 Å². The molecule has 1 atom stereocenters. The topological polar surface area (TPSA) is 73.1 Å². The van der Waals surface area contributed by atoms with Crippen molar-refractivity contribution in [1.82, 2.24) is 0 Å². The van der Waals surface area contributed by atoms with E-state index in [1.54, 1.807) is 0 Å². The van der Waals surface area contributed by atoms with E-state index in [2.05, 4.69) is 5.32 Å². The molecule has 0 aliphatic rings. The number of benzene rings is 1. The summed E-state index contributed by atoms with van der Waals surface area (Å²) in [5.74, 6) is -1.33. The van der Waals surface area contributed by atoms with E-state index in [9.17, 15) is 18.0 Å². The number of rotatable bonds is 3. The van der Waals surface area contributed by atoms with Gasteiger partial charge in [0.05, 0.1) is 29.7 Å². The molecule has 0 aromatic heterocycles. The number of nitrogens with one attached hydrogen (secondary N) is 1. The van der Waals surface area contributed by atoms with Crippen LogP contribution in [0.4, 0.5) is 18.9 Å². The molecule has 0 bridgehead atoms. The molecule has 0 fully saturated rings. The van der Waals surface area contributed by atoms with Gasteiger partial charge in [0, 0.05) is 5.69 Å². The highest BCUT2D eigenvalue weighted by molar-refractivity contribution is 5.92. The van der Waals surface area contributed by atoms with E-state index < -0.39 is 35.7 Å². The summed E-state index contributed by atoms with van der Waals surface area (Å²) in [5, 5.41) is 19.6. The third kappa shape index (κ3) is 3.69. The number of anilines is 1. The molecule has 4 nitrogen and oxygen atoms in total. The van der Waals surface area contributed by atoms with Crippen LogP contribution in [0.25, 0.3) is 0 Å². The van der Waals surface area contributed by atoms with Gasteiger partial charge in [0.15, 0.2) is 0 Å². The minimum absolute atomic E-state index is 0.0726. The summed E-state index contributed by atoms with van der Waals surface area (Å²) < 4.78 is 38.0. The highest BCUT2D eigenvalue weighted by atomic mass is 19.4. The third-order valence-corrected chi connectivity index (χ3v) is 2.43. The van der Waals surface area contributed by atoms with Crippen molar-refractivity contribution in [1.29, 1.82) is 5.26 Å². The molecule has 7 heteroatoms. The number of hydrogen-bond acceptors (Lipinski definition) is 3. The van der Waals surface area contributed by atoms with Gasteiger partial charge < -0.3 is 10.4 Å². The Morgan fingerprint density at radius 1 is 1.53 bits per heavy atom. The number of halogens is 3. The SMILES string of the molecule is C[C@H](CO)C(=O)Nc1ccc(C#N)c(C(F)(F)F)c1. The van der Waals surface area contributed by atoms with Crippen LogP contribution in [0.5, 0.6) is 0 Å². The van der Waals surface area contributed by atoms with Crippen LogP contribution in [-0.4, -0.2) is 17.6 Å². The molecule has 0 saturated heterocycles. The predicted octanol–water partition coefficient (Wildman–Crippen LogP) is 2.14. The van der Waals surface area contributed by atoms with Crippen LogP contribution in [-0.2, 0) is 11.0 Å². The smallest absolute Gasteiger partial charge is 0.396 e. The lowest BCUT2D eigenvalue weighted by Gasteiger charge is -2.13. The molecule has 0 heterocycles. The van der Waals surface area contributed by atoms with Crippen LogP contribution < -0.4 is 5.32 Å². The zero-order chi connectivity index (χ0) is 14.6. The molecule has 102 valence electrons. The van der Waals surface area contributed by atoms with Crippen molar-refractivity contribution in [2.75, 3.05) is 11.9 Å². The molecule has 0 aliphatic heterocycles. The minimum atomic E-state index is -4.67. The van der Waals surface area contributed by atoms with Gasteiger partial charge in [-0.25, -0.2) is 0 Å². The fourth-order valence-corrected chi connectivity index (χ4v) is 1.30. The summed E-state index contributed by atoms with van der Waals surface area (Å²) >= 11 is 0. The molecule has 19 heavy (non-hydrogen) atoms. The highest BCUT2D eigenvalue weighted by Gasteiger charge is 2.34. The van der Waals surface area contributed by atoms with Gasteiger partial charge in [0.25, 0.3) is 0 Å². The van der Waals surface area contributed by atoms with Crippen LogP contribution in [0.1, 0.15) is 18.1 Å². The Kier molecular flexibility index (Phi) is 4.51. The van der Waals surface area contributed by atoms with Crippen LogP contribution in [0, 0.1) is 17.2 Å². The second-order valence-corrected chi connectivity index (χ2v) is 3.94. The van der Waals surface area contributed by atoms with Gasteiger partial charge in [-0.2, -0.15) is 18.4 Å². The Hall–Kier alpha value is -2.07. The zero-order valence-electron chi connectivity index (χ0n) is 9.95. The summed E-state index contributed by atoms with van der Waals surface area (Å²) in [5.41, 5.74) is -1.69. The monoisotopic (exact) mass is 272 g/mol. The molecular weight excluding hydrogens is 261 g/mol. The average Bonchev–Trinajstić information content (AvgIpc) is 2.36. The van der Waals surface area contributed by atoms with Gasteiger partial charge in [-0.15, -0.1) is 0 Å². The van der Waals surface area contributed by atoms with Gasteiger partial charge in [-0.3, -0.25) is 4.79 Å². The second kappa shape index (κ2) is 5.71. The van der Waals surface area contributed by atoms with Crippen molar-refractivity contribution in [3.8, 4) is 6.07 Å². The number of nitrogens with zero attached hydrogens (tertiary/aromatic N) is 1. The normalized spacial score (nSPS) is 12.6. The number of hydrogen-bond donors (Lipinski definition) is 2. The van der Waals surface area contributed by atoms with E-state index in [-0.39, 0.29) is 5.69 Å². The van der Waals surface area contributed by atoms with Crippen molar-refractivity contribution >= 4 is 11.6 Å². The Bertz CT molecular complexity index is 521. The number of carbonyl (C=O) groups is 1. The first kappa shape index (κ1) is 15.0. The van der Waals surface area contributed by atoms with Crippen molar-refractivity contribution in [3.63, 3.8) is 0 Å². The van der Waals surface area contributed by atoms with Gasteiger partial charge in [0.2, 0.25) is 5.91 Å². The quantitative estimate of drug-likeness (QED) is 0.885. The van der Waals surface area contributed by atoms with E-state index in [0.29, 0.717) is 6.07 Å². The van der Waals surface area contributed by atoms with Crippen LogP contribution in [0.2, 0.25) is 0 Å². The molecule has 1 amide bonds. The molecule has 0 aliphatic carbocycles. The number of alkyl halides is 3. The van der Waals surface area contributed by atoms with Gasteiger partial charge >= 0.3 is 6.18 Å². The van der Waals surface area contributed by atoms with Crippen molar-refractivity contribution in [3.05, 3.63) is 29.3 Å². The lowest BCUT2D eigenvalue weighted by molar-refractivity contribution is -0.137. The molecule has 1 rings (SSSR count). The maximum Gasteiger partial charge on any atom is 0.417 e. The molecule has 1 aromatic carbocycles. The number of carbonyl (C=O) groups excluding carboxylic acids is 1. The van der Waals surface area contributed by atoms with Crippen molar-refractivity contribution in [2.45, 2.75) is 13.1 Å². The maximum absolute atomic E-state index is 12.7. The number of aliphatic hydroxyl groups excluding tert-OH is 1. The summed E-state index contributed by atoms with van der Waals surface area (Å²) in [6.45, 7) is 1.03. The fraction of sp³-hybridized carbons (Fsp3) is 0.333. The average molecular weight is 272 g/mol. The minimum Gasteiger partial charge on any atom is -0.396 e. The fourth-order valence-electron chi connectivity index (χ4n) is 1.30. The first-order valence-electron chi connectivity index (χ1n) is 5.32. The molecule has 0 radical (unpaired) electrons. The number of aliphatic hydroxyl groups is 1. The maximum atomic E-state index is 12.7. The predicted molar refractivity (Wildman–Crippen MR) is 61.0 cm³/mol. The van der Waals surface area contributed by atoms with Gasteiger partial charge in [-0.1, -0.05) is 6.92 Å². The van der Waals surface area contributed by atoms with Crippen LogP contribution >= 0.6 is 0 Å². The Labute approximate surface area is 107 Å². The lowest BCUT2D eigenvalue weighted by atomic mass is 10.1. The van der Waals surface area contributed by atoms with Gasteiger partial charge in [-0.05, 0) is 18.2 Å². The number of amides is 1. The molecule has 0 saturated carbocycles.